The van der Waals surface area contributed by atoms with Gasteiger partial charge in [0.1, 0.15) is 5.75 Å². The van der Waals surface area contributed by atoms with E-state index in [0.29, 0.717) is 22.1 Å². The van der Waals surface area contributed by atoms with E-state index in [9.17, 15) is 13.6 Å². The summed E-state index contributed by atoms with van der Waals surface area (Å²) in [7, 11) is 0. The molecule has 176 valence electrons. The number of anilines is 1. The van der Waals surface area contributed by atoms with Crippen molar-refractivity contribution in [2.45, 2.75) is 20.5 Å². The Bertz CT molecular complexity index is 1530. The number of thiazole rings is 1. The van der Waals surface area contributed by atoms with Crippen molar-refractivity contribution >= 4 is 33.3 Å². The van der Waals surface area contributed by atoms with Crippen LogP contribution in [0, 0.1) is 13.8 Å². The fourth-order valence-electron chi connectivity index (χ4n) is 3.71. The van der Waals surface area contributed by atoms with Gasteiger partial charge in [-0.05, 0) is 62.4 Å². The number of ether oxygens (including phenoxy) is 1. The first-order valence-electron chi connectivity index (χ1n) is 10.5. The number of pyridine rings is 1. The molecule has 0 aliphatic heterocycles. The number of hydrogen-bond donors (Lipinski definition) is 1. The average Bonchev–Trinajstić information content (AvgIpc) is 3.40. The zero-order chi connectivity index (χ0) is 24.5. The maximum Gasteiger partial charge on any atom is 0.387 e. The highest BCUT2D eigenvalue weighted by Gasteiger charge is 2.20. The van der Waals surface area contributed by atoms with Crippen molar-refractivity contribution in [3.05, 3.63) is 77.1 Å². The Morgan fingerprint density at radius 1 is 1.09 bits per heavy atom. The molecule has 5 rings (SSSR count). The number of rotatable bonds is 6. The van der Waals surface area contributed by atoms with E-state index in [0.717, 1.165) is 21.5 Å². The molecule has 0 saturated carbocycles. The molecule has 0 unspecified atom stereocenters. The van der Waals surface area contributed by atoms with Gasteiger partial charge in [-0.2, -0.15) is 8.78 Å². The van der Waals surface area contributed by atoms with Gasteiger partial charge in [0.05, 0.1) is 22.6 Å². The molecule has 0 saturated heterocycles. The number of nitrogens with zero attached hydrogens (tertiary/aromatic N) is 5. The van der Waals surface area contributed by atoms with Crippen LogP contribution in [0.2, 0.25) is 0 Å². The van der Waals surface area contributed by atoms with Gasteiger partial charge in [0.2, 0.25) is 0 Å². The third-order valence-corrected chi connectivity index (χ3v) is 6.22. The monoisotopic (exact) mass is 492 g/mol. The van der Waals surface area contributed by atoms with Gasteiger partial charge in [-0.15, -0.1) is 16.4 Å². The number of aryl methyl sites for hydroxylation is 1. The van der Waals surface area contributed by atoms with E-state index in [-0.39, 0.29) is 11.4 Å². The summed E-state index contributed by atoms with van der Waals surface area (Å²) in [6, 6.07) is 15.6. The van der Waals surface area contributed by atoms with Gasteiger partial charge in [-0.25, -0.2) is 9.67 Å². The summed E-state index contributed by atoms with van der Waals surface area (Å²) in [6.07, 6.45) is 1.72. The second-order valence-electron chi connectivity index (χ2n) is 7.56. The molecule has 35 heavy (non-hydrogen) atoms. The molecule has 0 bridgehead atoms. The fourth-order valence-corrected chi connectivity index (χ4v) is 4.54. The highest BCUT2D eigenvalue weighted by Crippen LogP contribution is 2.32. The summed E-state index contributed by atoms with van der Waals surface area (Å²) in [5.41, 5.74) is 3.68. The Balaban J connectivity index is 1.38. The molecule has 0 fully saturated rings. The first-order chi connectivity index (χ1) is 16.9. The molecule has 1 N–H and O–H groups in total. The highest BCUT2D eigenvalue weighted by molar-refractivity contribution is 7.16. The van der Waals surface area contributed by atoms with Crippen molar-refractivity contribution in [1.82, 2.24) is 25.0 Å². The van der Waals surface area contributed by atoms with Crippen molar-refractivity contribution in [3.8, 4) is 22.7 Å². The highest BCUT2D eigenvalue weighted by atomic mass is 32.1. The van der Waals surface area contributed by atoms with Gasteiger partial charge in [0, 0.05) is 22.0 Å². The molecular weight excluding hydrogens is 474 g/mol. The number of alkyl halides is 2. The number of halogens is 2. The van der Waals surface area contributed by atoms with Gasteiger partial charge in [-0.3, -0.25) is 15.1 Å². The zero-order valence-electron chi connectivity index (χ0n) is 18.6. The van der Waals surface area contributed by atoms with Crippen LogP contribution in [0.4, 0.5) is 13.9 Å². The standard InChI is InChI=1S/C24H18F2N6O2S/c1-13-20(30-31-32(13)19-7-3-6-18-17(19)5-4-12-27-18)22(33)29-24-28-21(14(2)35-24)15-8-10-16(11-9-15)34-23(25)26/h3-12,23H,1-2H3,(H,28,29,33). The lowest BCUT2D eigenvalue weighted by molar-refractivity contribution is -0.0498. The summed E-state index contributed by atoms with van der Waals surface area (Å²) in [5.74, 6) is -0.376. The molecule has 0 radical (unpaired) electrons. The molecule has 0 atom stereocenters. The first-order valence-corrected chi connectivity index (χ1v) is 11.3. The van der Waals surface area contributed by atoms with Gasteiger partial charge in [-0.1, -0.05) is 11.3 Å². The topological polar surface area (TPSA) is 94.8 Å². The fraction of sp³-hybridized carbons (Fsp3) is 0.125. The molecule has 5 aromatic rings. The van der Waals surface area contributed by atoms with Crippen LogP contribution in [-0.2, 0) is 0 Å². The maximum absolute atomic E-state index is 13.0. The molecule has 3 aromatic heterocycles. The Hall–Kier alpha value is -4.25. The Morgan fingerprint density at radius 3 is 2.66 bits per heavy atom. The van der Waals surface area contributed by atoms with Crippen LogP contribution in [0.5, 0.6) is 5.75 Å². The minimum atomic E-state index is -2.89. The number of hydrogen-bond acceptors (Lipinski definition) is 7. The summed E-state index contributed by atoms with van der Waals surface area (Å²) < 4.78 is 30.8. The molecule has 11 heteroatoms. The second kappa shape index (κ2) is 9.18. The Kier molecular flexibility index (Phi) is 5.91. The van der Waals surface area contributed by atoms with E-state index >= 15 is 0 Å². The minimum Gasteiger partial charge on any atom is -0.435 e. The van der Waals surface area contributed by atoms with Crippen LogP contribution in [0.15, 0.2) is 60.8 Å². The van der Waals surface area contributed by atoms with Gasteiger partial charge < -0.3 is 4.74 Å². The number of carbonyl (C=O) groups is 1. The molecular formula is C24H18F2N6O2S. The largest absolute Gasteiger partial charge is 0.435 e. The van der Waals surface area contributed by atoms with E-state index < -0.39 is 12.5 Å². The van der Waals surface area contributed by atoms with Crippen molar-refractivity contribution in [1.29, 1.82) is 0 Å². The van der Waals surface area contributed by atoms with Gasteiger partial charge in [0.25, 0.3) is 5.91 Å². The van der Waals surface area contributed by atoms with Gasteiger partial charge in [0.15, 0.2) is 10.8 Å². The van der Waals surface area contributed by atoms with Crippen molar-refractivity contribution in [3.63, 3.8) is 0 Å². The van der Waals surface area contributed by atoms with E-state index in [1.807, 2.05) is 37.3 Å². The molecule has 0 spiro atoms. The summed E-state index contributed by atoms with van der Waals surface area (Å²) in [6.45, 7) is 0.746. The summed E-state index contributed by atoms with van der Waals surface area (Å²) >= 11 is 1.30. The van der Waals surface area contributed by atoms with Crippen LogP contribution in [0.1, 0.15) is 21.1 Å². The van der Waals surface area contributed by atoms with Crippen molar-refractivity contribution in [2.75, 3.05) is 5.32 Å². The maximum atomic E-state index is 13.0. The number of amides is 1. The van der Waals surface area contributed by atoms with Crippen LogP contribution in [0.25, 0.3) is 27.8 Å². The number of aromatic nitrogens is 5. The lowest BCUT2D eigenvalue weighted by Gasteiger charge is -2.07. The normalized spacial score (nSPS) is 11.2. The molecule has 2 aromatic carbocycles. The Morgan fingerprint density at radius 2 is 1.89 bits per heavy atom. The van der Waals surface area contributed by atoms with Crippen LogP contribution < -0.4 is 10.1 Å². The molecule has 8 nitrogen and oxygen atoms in total. The third-order valence-electron chi connectivity index (χ3n) is 5.33. The molecule has 3 heterocycles. The number of nitrogens with one attached hydrogen (secondary N) is 1. The molecule has 0 aliphatic rings. The number of carbonyl (C=O) groups excluding carboxylic acids is 1. The SMILES string of the molecule is Cc1sc(NC(=O)c2nnn(-c3cccc4ncccc34)c2C)nc1-c1ccc(OC(F)F)cc1. The van der Waals surface area contributed by atoms with E-state index in [1.54, 1.807) is 29.9 Å². The Labute approximate surface area is 202 Å². The van der Waals surface area contributed by atoms with Crippen molar-refractivity contribution in [2.24, 2.45) is 0 Å². The predicted molar refractivity (Wildman–Crippen MR) is 128 cm³/mol. The molecule has 0 aliphatic carbocycles. The lowest BCUT2D eigenvalue weighted by atomic mass is 10.1. The van der Waals surface area contributed by atoms with E-state index in [1.165, 1.54) is 23.5 Å². The lowest BCUT2D eigenvalue weighted by Crippen LogP contribution is -2.14. The minimum absolute atomic E-state index is 0.0608. The van der Waals surface area contributed by atoms with Crippen molar-refractivity contribution < 1.29 is 18.3 Å². The first kappa shape index (κ1) is 22.5. The van der Waals surface area contributed by atoms with Gasteiger partial charge >= 0.3 is 6.61 Å². The van der Waals surface area contributed by atoms with E-state index in [2.05, 4.69) is 30.3 Å². The number of benzene rings is 2. The average molecular weight is 493 g/mol. The van der Waals surface area contributed by atoms with E-state index in [4.69, 9.17) is 0 Å². The van der Waals surface area contributed by atoms with Crippen LogP contribution in [-0.4, -0.2) is 37.5 Å². The number of fused-ring (bicyclic) bond motifs is 1. The van der Waals surface area contributed by atoms with Crippen LogP contribution in [0.3, 0.4) is 0 Å². The smallest absolute Gasteiger partial charge is 0.387 e. The predicted octanol–water partition coefficient (Wildman–Crippen LogP) is 5.41. The summed E-state index contributed by atoms with van der Waals surface area (Å²) in [5, 5.41) is 12.4. The third kappa shape index (κ3) is 4.45. The van der Waals surface area contributed by atoms with Crippen LogP contribution >= 0.6 is 11.3 Å². The zero-order valence-corrected chi connectivity index (χ0v) is 19.4. The summed E-state index contributed by atoms with van der Waals surface area (Å²) in [4.78, 5) is 22.7. The second-order valence-corrected chi connectivity index (χ2v) is 8.77. The quantitative estimate of drug-likeness (QED) is 0.341. The molecule has 1 amide bonds.